The van der Waals surface area contributed by atoms with Crippen LogP contribution in [0.25, 0.3) is 11.1 Å². The fraction of sp³-hybridized carbons (Fsp3) is 0.455. The van der Waals surface area contributed by atoms with E-state index in [1.807, 2.05) is 0 Å². The van der Waals surface area contributed by atoms with Gasteiger partial charge in [-0.1, -0.05) is 106 Å². The van der Waals surface area contributed by atoms with Gasteiger partial charge in [0.15, 0.2) is 0 Å². The Kier molecular flexibility index (Phi) is 10.7. The van der Waals surface area contributed by atoms with Crippen molar-refractivity contribution in [2.24, 2.45) is 0 Å². The first-order valence-corrected chi connectivity index (χ1v) is 9.04. The van der Waals surface area contributed by atoms with Gasteiger partial charge in [0.2, 0.25) is 0 Å². The lowest BCUT2D eigenvalue weighted by Crippen LogP contribution is -1.87. The Bertz CT molecular complexity index is 501. The van der Waals surface area contributed by atoms with E-state index in [1.165, 1.54) is 74.5 Å². The van der Waals surface area contributed by atoms with Crippen LogP contribution in [-0.2, 0) is 6.42 Å². The molecular weight excluding hydrogens is 344 g/mol. The van der Waals surface area contributed by atoms with Gasteiger partial charge in [-0.25, -0.2) is 0 Å². The summed E-state index contributed by atoms with van der Waals surface area (Å²) >= 11 is 0. The Morgan fingerprint density at radius 3 is 1.70 bits per heavy atom. The number of hydrogen-bond acceptors (Lipinski definition) is 0. The van der Waals surface area contributed by atoms with Crippen molar-refractivity contribution >= 4 is 17.0 Å². The average molecular weight is 375 g/mol. The fourth-order valence-electron chi connectivity index (χ4n) is 2.96. The van der Waals surface area contributed by atoms with Gasteiger partial charge in [0.25, 0.3) is 0 Å². The van der Waals surface area contributed by atoms with Gasteiger partial charge in [-0.2, -0.15) is 0 Å². The molecule has 0 aromatic heterocycles. The fourth-order valence-corrected chi connectivity index (χ4v) is 2.96. The van der Waals surface area contributed by atoms with Gasteiger partial charge >= 0.3 is 0 Å². The zero-order chi connectivity index (χ0) is 15.5. The summed E-state index contributed by atoms with van der Waals surface area (Å²) in [5.41, 5.74) is 4.10. The highest BCUT2D eigenvalue weighted by Crippen LogP contribution is 2.20. The normalized spacial score (nSPS) is 10.3. The van der Waals surface area contributed by atoms with Crippen molar-refractivity contribution in [2.75, 3.05) is 0 Å². The van der Waals surface area contributed by atoms with E-state index in [0.717, 1.165) is 0 Å². The van der Waals surface area contributed by atoms with Crippen molar-refractivity contribution in [2.45, 2.75) is 64.7 Å². The Balaban J connectivity index is 0.00000264. The third-order valence-corrected chi connectivity index (χ3v) is 4.38. The van der Waals surface area contributed by atoms with Crippen molar-refractivity contribution in [3.63, 3.8) is 0 Å². The standard InChI is InChI=1S/C22H30.BrH/c1-2-3-4-5-6-7-8-10-13-20-16-18-22(19-17-20)21-14-11-9-12-15-21;/h9,11-12,14-19H,2-8,10,13H2,1H3;1H. The highest BCUT2D eigenvalue weighted by molar-refractivity contribution is 8.93. The molecule has 0 unspecified atom stereocenters. The van der Waals surface area contributed by atoms with Gasteiger partial charge in [-0.3, -0.25) is 0 Å². The summed E-state index contributed by atoms with van der Waals surface area (Å²) in [5.74, 6) is 0. The summed E-state index contributed by atoms with van der Waals surface area (Å²) in [7, 11) is 0. The van der Waals surface area contributed by atoms with Crippen LogP contribution < -0.4 is 0 Å². The maximum absolute atomic E-state index is 2.30. The summed E-state index contributed by atoms with van der Waals surface area (Å²) in [6.45, 7) is 2.28. The minimum Gasteiger partial charge on any atom is -0.114 e. The molecule has 0 bridgehead atoms. The summed E-state index contributed by atoms with van der Waals surface area (Å²) in [6, 6.07) is 19.7. The second-order valence-electron chi connectivity index (χ2n) is 6.29. The molecule has 0 saturated heterocycles. The molecule has 0 atom stereocenters. The summed E-state index contributed by atoms with van der Waals surface area (Å²) in [6.07, 6.45) is 12.4. The molecular formula is C22H31Br. The Morgan fingerprint density at radius 2 is 1.09 bits per heavy atom. The van der Waals surface area contributed by atoms with E-state index in [1.54, 1.807) is 0 Å². The van der Waals surface area contributed by atoms with E-state index in [-0.39, 0.29) is 17.0 Å². The molecule has 2 aromatic rings. The predicted octanol–water partition coefficient (Wildman–Crippen LogP) is 7.61. The predicted molar refractivity (Wildman–Crippen MR) is 109 cm³/mol. The summed E-state index contributed by atoms with van der Waals surface area (Å²) in [4.78, 5) is 0. The molecule has 23 heavy (non-hydrogen) atoms. The number of hydrogen-bond donors (Lipinski definition) is 0. The number of halogens is 1. The minimum atomic E-state index is 0. The van der Waals surface area contributed by atoms with E-state index in [4.69, 9.17) is 0 Å². The molecule has 0 aliphatic carbocycles. The van der Waals surface area contributed by atoms with Crippen LogP contribution in [0.1, 0.15) is 63.9 Å². The molecule has 0 amide bonds. The van der Waals surface area contributed by atoms with Gasteiger partial charge in [0.05, 0.1) is 0 Å². The van der Waals surface area contributed by atoms with Crippen molar-refractivity contribution in [1.82, 2.24) is 0 Å². The summed E-state index contributed by atoms with van der Waals surface area (Å²) < 4.78 is 0. The Morgan fingerprint density at radius 1 is 0.565 bits per heavy atom. The molecule has 2 rings (SSSR count). The molecule has 0 heterocycles. The van der Waals surface area contributed by atoms with Crippen LogP contribution in [0.5, 0.6) is 0 Å². The lowest BCUT2D eigenvalue weighted by molar-refractivity contribution is 0.575. The average Bonchev–Trinajstić information content (AvgIpc) is 2.59. The second kappa shape index (κ2) is 12.4. The maximum atomic E-state index is 2.30. The van der Waals surface area contributed by atoms with E-state index in [0.29, 0.717) is 0 Å². The van der Waals surface area contributed by atoms with Gasteiger partial charge in [0.1, 0.15) is 0 Å². The summed E-state index contributed by atoms with van der Waals surface area (Å²) in [5, 5.41) is 0. The van der Waals surface area contributed by atoms with Crippen LogP contribution in [0.4, 0.5) is 0 Å². The molecule has 0 saturated carbocycles. The molecule has 0 radical (unpaired) electrons. The molecule has 0 aliphatic heterocycles. The zero-order valence-corrected chi connectivity index (χ0v) is 16.2. The van der Waals surface area contributed by atoms with Crippen molar-refractivity contribution in [3.05, 3.63) is 60.2 Å². The number of unbranched alkanes of at least 4 members (excludes halogenated alkanes) is 7. The van der Waals surface area contributed by atoms with E-state index in [9.17, 15) is 0 Å². The molecule has 0 aliphatic rings. The van der Waals surface area contributed by atoms with Crippen molar-refractivity contribution in [1.29, 1.82) is 0 Å². The van der Waals surface area contributed by atoms with Crippen molar-refractivity contribution < 1.29 is 0 Å². The quantitative estimate of drug-likeness (QED) is 0.375. The number of aryl methyl sites for hydroxylation is 1. The monoisotopic (exact) mass is 374 g/mol. The van der Waals surface area contributed by atoms with Gasteiger partial charge in [-0.05, 0) is 29.5 Å². The van der Waals surface area contributed by atoms with Gasteiger partial charge in [0, 0.05) is 0 Å². The number of rotatable bonds is 10. The zero-order valence-electron chi connectivity index (χ0n) is 14.5. The maximum Gasteiger partial charge on any atom is -0.0184 e. The third kappa shape index (κ3) is 7.83. The van der Waals surface area contributed by atoms with Gasteiger partial charge < -0.3 is 0 Å². The largest absolute Gasteiger partial charge is 0.114 e. The minimum absolute atomic E-state index is 0. The van der Waals surface area contributed by atoms with Crippen LogP contribution >= 0.6 is 17.0 Å². The van der Waals surface area contributed by atoms with Crippen molar-refractivity contribution in [3.8, 4) is 11.1 Å². The Labute approximate surface area is 153 Å². The molecule has 2 aromatic carbocycles. The van der Waals surface area contributed by atoms with Crippen LogP contribution in [0.15, 0.2) is 54.6 Å². The number of benzene rings is 2. The van der Waals surface area contributed by atoms with Crippen LogP contribution in [0.2, 0.25) is 0 Å². The molecule has 1 heteroatoms. The lowest BCUT2D eigenvalue weighted by Gasteiger charge is -2.05. The third-order valence-electron chi connectivity index (χ3n) is 4.38. The van der Waals surface area contributed by atoms with Crippen LogP contribution in [0.3, 0.4) is 0 Å². The topological polar surface area (TPSA) is 0 Å². The first-order valence-electron chi connectivity index (χ1n) is 9.04. The van der Waals surface area contributed by atoms with E-state index < -0.39 is 0 Å². The van der Waals surface area contributed by atoms with Crippen LogP contribution in [0, 0.1) is 0 Å². The second-order valence-corrected chi connectivity index (χ2v) is 6.29. The van der Waals surface area contributed by atoms with Crippen LogP contribution in [-0.4, -0.2) is 0 Å². The Hall–Kier alpha value is -1.08. The van der Waals surface area contributed by atoms with E-state index in [2.05, 4.69) is 61.5 Å². The first kappa shape index (κ1) is 20.0. The molecule has 0 N–H and O–H groups in total. The SMILES string of the molecule is Br.CCCCCCCCCCc1ccc(-c2ccccc2)cc1. The molecule has 0 fully saturated rings. The smallest absolute Gasteiger partial charge is 0.0184 e. The lowest BCUT2D eigenvalue weighted by atomic mass is 10.0. The first-order chi connectivity index (χ1) is 10.9. The highest BCUT2D eigenvalue weighted by atomic mass is 79.9. The van der Waals surface area contributed by atoms with E-state index >= 15 is 0 Å². The molecule has 0 spiro atoms. The highest BCUT2D eigenvalue weighted by Gasteiger charge is 1.98. The molecule has 126 valence electrons. The molecule has 0 nitrogen and oxygen atoms in total. The van der Waals surface area contributed by atoms with Gasteiger partial charge in [-0.15, -0.1) is 17.0 Å².